The maximum absolute atomic E-state index is 12.0. The van der Waals surface area contributed by atoms with E-state index in [2.05, 4.69) is 20.3 Å². The number of halogens is 1. The third-order valence-corrected chi connectivity index (χ3v) is 3.76. The quantitative estimate of drug-likeness (QED) is 0.779. The van der Waals surface area contributed by atoms with E-state index in [0.717, 1.165) is 22.2 Å². The average Bonchev–Trinajstić information content (AvgIpc) is 2.45. The zero-order chi connectivity index (χ0) is 15.7. The lowest BCUT2D eigenvalue weighted by molar-refractivity contribution is 1.00. The van der Waals surface area contributed by atoms with Crippen molar-refractivity contribution in [1.82, 2.24) is 15.0 Å². The van der Waals surface area contributed by atoms with Crippen LogP contribution in [0.1, 0.15) is 16.8 Å². The fraction of sp³-hybridized carbons (Fsp3) is 0.188. The van der Waals surface area contributed by atoms with Gasteiger partial charge in [-0.3, -0.25) is 4.79 Å². The van der Waals surface area contributed by atoms with Crippen LogP contribution < -0.4 is 10.9 Å². The Morgan fingerprint density at radius 3 is 2.82 bits per heavy atom. The number of pyridine rings is 1. The van der Waals surface area contributed by atoms with Crippen molar-refractivity contribution in [1.29, 1.82) is 0 Å². The number of hydrogen-bond donors (Lipinski definition) is 2. The summed E-state index contributed by atoms with van der Waals surface area (Å²) >= 11 is 5.97. The number of rotatable bonds is 3. The van der Waals surface area contributed by atoms with E-state index in [1.54, 1.807) is 12.1 Å². The van der Waals surface area contributed by atoms with E-state index in [-0.39, 0.29) is 5.56 Å². The summed E-state index contributed by atoms with van der Waals surface area (Å²) in [6, 6.07) is 7.40. The van der Waals surface area contributed by atoms with E-state index in [4.69, 9.17) is 11.6 Å². The van der Waals surface area contributed by atoms with Gasteiger partial charge in [-0.05, 0) is 43.7 Å². The molecule has 0 aliphatic rings. The van der Waals surface area contributed by atoms with Gasteiger partial charge in [-0.15, -0.1) is 0 Å². The van der Waals surface area contributed by atoms with Gasteiger partial charge in [0.2, 0.25) is 0 Å². The molecule has 0 amide bonds. The summed E-state index contributed by atoms with van der Waals surface area (Å²) in [6.45, 7) is 4.20. The molecule has 3 aromatic rings. The lowest BCUT2D eigenvalue weighted by Crippen LogP contribution is -2.18. The van der Waals surface area contributed by atoms with Gasteiger partial charge in [0, 0.05) is 28.2 Å². The third-order valence-electron chi connectivity index (χ3n) is 3.52. The third kappa shape index (κ3) is 2.80. The van der Waals surface area contributed by atoms with Gasteiger partial charge >= 0.3 is 0 Å². The number of benzene rings is 1. The largest absolute Gasteiger partial charge is 0.365 e. The maximum atomic E-state index is 12.0. The Morgan fingerprint density at radius 1 is 1.23 bits per heavy atom. The Labute approximate surface area is 132 Å². The molecule has 0 saturated heterocycles. The van der Waals surface area contributed by atoms with E-state index in [9.17, 15) is 4.79 Å². The molecule has 5 nitrogen and oxygen atoms in total. The summed E-state index contributed by atoms with van der Waals surface area (Å²) in [5, 5.41) is 4.71. The molecule has 6 heteroatoms. The molecule has 0 saturated carbocycles. The minimum Gasteiger partial charge on any atom is -0.365 e. The highest BCUT2D eigenvalue weighted by Crippen LogP contribution is 2.22. The molecule has 2 N–H and O–H groups in total. The van der Waals surface area contributed by atoms with Crippen molar-refractivity contribution in [3.05, 3.63) is 62.8 Å². The van der Waals surface area contributed by atoms with Crippen LogP contribution in [0.2, 0.25) is 5.02 Å². The molecule has 0 atom stereocenters. The van der Waals surface area contributed by atoms with Gasteiger partial charge in [-0.25, -0.2) is 9.97 Å². The smallest absolute Gasteiger partial charge is 0.253 e. The van der Waals surface area contributed by atoms with E-state index in [1.165, 1.54) is 6.33 Å². The van der Waals surface area contributed by atoms with E-state index < -0.39 is 0 Å². The summed E-state index contributed by atoms with van der Waals surface area (Å²) in [6.07, 6.45) is 1.48. The van der Waals surface area contributed by atoms with Crippen molar-refractivity contribution in [3.8, 4) is 0 Å². The first-order valence-electron chi connectivity index (χ1n) is 6.88. The Balaban J connectivity index is 1.94. The average molecular weight is 315 g/mol. The molecule has 112 valence electrons. The van der Waals surface area contributed by atoms with Crippen molar-refractivity contribution in [2.75, 3.05) is 5.32 Å². The second-order valence-corrected chi connectivity index (χ2v) is 5.62. The van der Waals surface area contributed by atoms with Crippen LogP contribution in [-0.2, 0) is 6.54 Å². The highest BCUT2D eigenvalue weighted by Gasteiger charge is 2.08. The Bertz CT molecular complexity index is 904. The van der Waals surface area contributed by atoms with Crippen LogP contribution in [0.15, 0.2) is 35.4 Å². The molecule has 2 heterocycles. The molecule has 22 heavy (non-hydrogen) atoms. The molecule has 0 fully saturated rings. The number of H-pyrrole nitrogens is 1. The first-order chi connectivity index (χ1) is 10.5. The van der Waals surface area contributed by atoms with E-state index in [1.807, 2.05) is 26.0 Å². The molecule has 0 bridgehead atoms. The minimum atomic E-state index is -0.0774. The highest BCUT2D eigenvalue weighted by atomic mass is 35.5. The van der Waals surface area contributed by atoms with E-state index in [0.29, 0.717) is 22.9 Å². The van der Waals surface area contributed by atoms with E-state index >= 15 is 0 Å². The number of aromatic nitrogens is 3. The number of aryl methyl sites for hydroxylation is 2. The van der Waals surface area contributed by atoms with Crippen LogP contribution in [0.5, 0.6) is 0 Å². The molecule has 0 aliphatic heterocycles. The van der Waals surface area contributed by atoms with Gasteiger partial charge in [0.1, 0.15) is 12.1 Å². The summed E-state index contributed by atoms with van der Waals surface area (Å²) in [5.74, 6) is 0.682. The Hall–Kier alpha value is -2.40. The molecule has 0 unspecified atom stereocenters. The Morgan fingerprint density at radius 2 is 2.05 bits per heavy atom. The number of anilines is 1. The normalized spacial score (nSPS) is 10.9. The van der Waals surface area contributed by atoms with Crippen LogP contribution in [0.4, 0.5) is 5.82 Å². The number of nitrogens with zero attached hydrogens (tertiary/aromatic N) is 2. The van der Waals surface area contributed by atoms with Gasteiger partial charge in [-0.1, -0.05) is 11.6 Å². The number of aromatic amines is 1. The van der Waals surface area contributed by atoms with Crippen molar-refractivity contribution in [2.45, 2.75) is 20.4 Å². The zero-order valence-electron chi connectivity index (χ0n) is 12.3. The predicted molar refractivity (Wildman–Crippen MR) is 88.4 cm³/mol. The van der Waals surface area contributed by atoms with Crippen LogP contribution in [0.3, 0.4) is 0 Å². The standard InChI is InChI=1S/C16H15ClN4O/c1-9-5-10(2)21-16(22)13(9)7-18-15-12-4-3-11(17)6-14(12)19-8-20-15/h3-6,8H,7H2,1-2H3,(H,21,22)(H,18,19,20). The molecule has 0 spiro atoms. The first kappa shape index (κ1) is 14.5. The van der Waals surface area contributed by atoms with Crippen LogP contribution >= 0.6 is 11.6 Å². The topological polar surface area (TPSA) is 70.7 Å². The van der Waals surface area contributed by atoms with Gasteiger partial charge in [-0.2, -0.15) is 0 Å². The van der Waals surface area contributed by atoms with Gasteiger partial charge < -0.3 is 10.3 Å². The lowest BCUT2D eigenvalue weighted by atomic mass is 10.1. The number of nitrogens with one attached hydrogen (secondary N) is 2. The molecule has 0 radical (unpaired) electrons. The SMILES string of the molecule is Cc1cc(C)c(CNc2ncnc3cc(Cl)ccc23)c(=O)[nH]1. The molecule has 2 aromatic heterocycles. The van der Waals surface area contributed by atoms with Crippen molar-refractivity contribution in [2.24, 2.45) is 0 Å². The maximum Gasteiger partial charge on any atom is 0.253 e. The monoisotopic (exact) mass is 314 g/mol. The second kappa shape index (κ2) is 5.77. The molecule has 3 rings (SSSR count). The number of fused-ring (bicyclic) bond motifs is 1. The lowest BCUT2D eigenvalue weighted by Gasteiger charge is -2.10. The van der Waals surface area contributed by atoms with Crippen molar-refractivity contribution in [3.63, 3.8) is 0 Å². The van der Waals surface area contributed by atoms with Gasteiger partial charge in [0.15, 0.2) is 0 Å². The molecular weight excluding hydrogens is 300 g/mol. The molecular formula is C16H15ClN4O. The predicted octanol–water partition coefficient (Wildman–Crippen LogP) is 3.20. The molecule has 1 aromatic carbocycles. The van der Waals surface area contributed by atoms with Crippen LogP contribution in [0, 0.1) is 13.8 Å². The van der Waals surface area contributed by atoms with Crippen molar-refractivity contribution >= 4 is 28.3 Å². The van der Waals surface area contributed by atoms with Gasteiger partial charge in [0.25, 0.3) is 5.56 Å². The molecule has 0 aliphatic carbocycles. The first-order valence-corrected chi connectivity index (χ1v) is 7.26. The fourth-order valence-electron chi connectivity index (χ4n) is 2.44. The van der Waals surface area contributed by atoms with Crippen LogP contribution in [0.25, 0.3) is 10.9 Å². The summed E-state index contributed by atoms with van der Waals surface area (Å²) in [5.41, 5.74) is 3.20. The fourth-order valence-corrected chi connectivity index (χ4v) is 2.61. The minimum absolute atomic E-state index is 0.0774. The summed E-state index contributed by atoms with van der Waals surface area (Å²) in [4.78, 5) is 23.3. The Kier molecular flexibility index (Phi) is 3.81. The summed E-state index contributed by atoms with van der Waals surface area (Å²) in [7, 11) is 0. The highest BCUT2D eigenvalue weighted by molar-refractivity contribution is 6.31. The second-order valence-electron chi connectivity index (χ2n) is 5.18. The van der Waals surface area contributed by atoms with Gasteiger partial charge in [0.05, 0.1) is 5.52 Å². The van der Waals surface area contributed by atoms with Crippen LogP contribution in [-0.4, -0.2) is 15.0 Å². The zero-order valence-corrected chi connectivity index (χ0v) is 13.0. The summed E-state index contributed by atoms with van der Waals surface area (Å²) < 4.78 is 0. The number of hydrogen-bond acceptors (Lipinski definition) is 4. The van der Waals surface area contributed by atoms with Crippen molar-refractivity contribution < 1.29 is 0 Å².